The summed E-state index contributed by atoms with van der Waals surface area (Å²) in [5, 5.41) is 9.34. The van der Waals surface area contributed by atoms with Crippen LogP contribution in [-0.2, 0) is 9.53 Å². The van der Waals surface area contributed by atoms with Crippen LogP contribution in [0, 0.1) is 5.92 Å². The minimum absolute atomic E-state index is 0.0188. The van der Waals surface area contributed by atoms with Crippen LogP contribution in [0.1, 0.15) is 30.4 Å². The molecule has 1 aliphatic carbocycles. The van der Waals surface area contributed by atoms with E-state index in [4.69, 9.17) is 4.74 Å². The number of carboxylic acids is 1. The van der Waals surface area contributed by atoms with Gasteiger partial charge in [-0.25, -0.2) is 9.59 Å². The standard InChI is InChI=1S/C21H21NO4/c1-13-10-19(20(23)24)22(11-13)21(25)26-12-18-16-8-4-2-6-14(16)15-7-3-5-9-17(15)18/h2-9,13,18-19H,10-12H2,1H3,(H,23,24). The minimum Gasteiger partial charge on any atom is -0.480 e. The second-order valence-electron chi connectivity index (χ2n) is 7.15. The molecule has 4 rings (SSSR count). The molecule has 0 aromatic heterocycles. The molecule has 2 aromatic rings. The topological polar surface area (TPSA) is 66.8 Å². The van der Waals surface area contributed by atoms with Crippen molar-refractivity contribution >= 4 is 12.1 Å². The van der Waals surface area contributed by atoms with Crippen LogP contribution in [0.25, 0.3) is 11.1 Å². The van der Waals surface area contributed by atoms with Crippen molar-refractivity contribution in [2.75, 3.05) is 13.2 Å². The molecule has 1 N–H and O–H groups in total. The van der Waals surface area contributed by atoms with E-state index in [1.807, 2.05) is 31.2 Å². The predicted molar refractivity (Wildman–Crippen MR) is 97.0 cm³/mol. The van der Waals surface area contributed by atoms with Gasteiger partial charge in [-0.15, -0.1) is 0 Å². The second-order valence-corrected chi connectivity index (χ2v) is 7.15. The first-order valence-electron chi connectivity index (χ1n) is 8.90. The van der Waals surface area contributed by atoms with E-state index in [9.17, 15) is 14.7 Å². The van der Waals surface area contributed by atoms with Crippen LogP contribution in [0.5, 0.6) is 0 Å². The molecule has 26 heavy (non-hydrogen) atoms. The van der Waals surface area contributed by atoms with Crippen molar-refractivity contribution in [3.05, 3.63) is 59.7 Å². The van der Waals surface area contributed by atoms with Gasteiger partial charge in [-0.05, 0) is 34.6 Å². The molecule has 0 bridgehead atoms. The molecule has 1 aliphatic heterocycles. The fourth-order valence-corrected chi connectivity index (χ4v) is 4.16. The lowest BCUT2D eigenvalue weighted by Crippen LogP contribution is -2.41. The quantitative estimate of drug-likeness (QED) is 0.915. The normalized spacial score (nSPS) is 21.3. The van der Waals surface area contributed by atoms with Gasteiger partial charge in [0.25, 0.3) is 0 Å². The van der Waals surface area contributed by atoms with E-state index < -0.39 is 18.1 Å². The number of hydrogen-bond acceptors (Lipinski definition) is 3. The number of aliphatic carboxylic acids is 1. The Kier molecular flexibility index (Phi) is 4.15. The van der Waals surface area contributed by atoms with E-state index in [1.54, 1.807) is 0 Å². The molecule has 0 saturated carbocycles. The highest BCUT2D eigenvalue weighted by molar-refractivity contribution is 5.81. The van der Waals surface area contributed by atoms with Gasteiger partial charge in [-0.2, -0.15) is 0 Å². The summed E-state index contributed by atoms with van der Waals surface area (Å²) in [5.74, 6) is -0.825. The Morgan fingerprint density at radius 3 is 2.23 bits per heavy atom. The summed E-state index contributed by atoms with van der Waals surface area (Å²) in [6.07, 6.45) is -0.0666. The molecule has 134 valence electrons. The van der Waals surface area contributed by atoms with Gasteiger partial charge >= 0.3 is 12.1 Å². The summed E-state index contributed by atoms with van der Waals surface area (Å²) >= 11 is 0. The third-order valence-corrected chi connectivity index (χ3v) is 5.37. The van der Waals surface area contributed by atoms with Gasteiger partial charge in [0.05, 0.1) is 0 Å². The van der Waals surface area contributed by atoms with Gasteiger partial charge < -0.3 is 9.84 Å². The number of carbonyl (C=O) groups is 2. The Balaban J connectivity index is 1.53. The highest BCUT2D eigenvalue weighted by Crippen LogP contribution is 2.44. The molecule has 2 atom stereocenters. The lowest BCUT2D eigenvalue weighted by atomic mass is 9.98. The maximum Gasteiger partial charge on any atom is 0.410 e. The number of rotatable bonds is 3. The highest BCUT2D eigenvalue weighted by atomic mass is 16.6. The number of amides is 1. The smallest absolute Gasteiger partial charge is 0.410 e. The fourth-order valence-electron chi connectivity index (χ4n) is 4.16. The van der Waals surface area contributed by atoms with E-state index >= 15 is 0 Å². The number of carboxylic acid groups (broad SMARTS) is 1. The number of likely N-dealkylation sites (tertiary alicyclic amines) is 1. The van der Waals surface area contributed by atoms with Crippen LogP contribution in [0.2, 0.25) is 0 Å². The second kappa shape index (κ2) is 6.48. The van der Waals surface area contributed by atoms with Crippen molar-refractivity contribution < 1.29 is 19.4 Å². The number of ether oxygens (including phenoxy) is 1. The average molecular weight is 351 g/mol. The van der Waals surface area contributed by atoms with Crippen molar-refractivity contribution in [1.82, 2.24) is 4.90 Å². The zero-order chi connectivity index (χ0) is 18.3. The molecule has 1 saturated heterocycles. The zero-order valence-electron chi connectivity index (χ0n) is 14.6. The molecule has 1 heterocycles. The molecule has 2 unspecified atom stereocenters. The van der Waals surface area contributed by atoms with Gasteiger partial charge in [0, 0.05) is 12.5 Å². The van der Waals surface area contributed by atoms with Gasteiger partial charge in [-0.1, -0.05) is 55.5 Å². The minimum atomic E-state index is -0.970. The first-order valence-corrected chi connectivity index (χ1v) is 8.90. The summed E-state index contributed by atoms with van der Waals surface area (Å²) in [7, 11) is 0. The molecule has 1 amide bonds. The van der Waals surface area contributed by atoms with Gasteiger partial charge in [-0.3, -0.25) is 4.90 Å². The first kappa shape index (κ1) is 16.6. The van der Waals surface area contributed by atoms with E-state index in [0.717, 1.165) is 11.1 Å². The summed E-state index contributed by atoms with van der Waals surface area (Å²) < 4.78 is 5.58. The third kappa shape index (κ3) is 2.73. The van der Waals surface area contributed by atoms with Crippen molar-refractivity contribution in [3.63, 3.8) is 0 Å². The molecular weight excluding hydrogens is 330 g/mol. The predicted octanol–water partition coefficient (Wildman–Crippen LogP) is 3.73. The van der Waals surface area contributed by atoms with Crippen LogP contribution in [-0.4, -0.2) is 41.3 Å². The maximum absolute atomic E-state index is 12.5. The zero-order valence-corrected chi connectivity index (χ0v) is 14.6. The third-order valence-electron chi connectivity index (χ3n) is 5.37. The highest BCUT2D eigenvalue weighted by Gasteiger charge is 2.39. The van der Waals surface area contributed by atoms with Crippen LogP contribution < -0.4 is 0 Å². The monoisotopic (exact) mass is 351 g/mol. The van der Waals surface area contributed by atoms with Crippen molar-refractivity contribution in [2.45, 2.75) is 25.3 Å². The van der Waals surface area contributed by atoms with Gasteiger partial charge in [0.15, 0.2) is 0 Å². The summed E-state index contributed by atoms with van der Waals surface area (Å²) in [6, 6.07) is 15.5. The first-order chi connectivity index (χ1) is 12.6. The number of fused-ring (bicyclic) bond motifs is 3. The fraction of sp³-hybridized carbons (Fsp3) is 0.333. The average Bonchev–Trinajstić information content (AvgIpc) is 3.18. The van der Waals surface area contributed by atoms with E-state index in [2.05, 4.69) is 24.3 Å². The Bertz CT molecular complexity index is 817. The van der Waals surface area contributed by atoms with E-state index in [0.29, 0.717) is 13.0 Å². The summed E-state index contributed by atoms with van der Waals surface area (Å²) in [5.41, 5.74) is 4.63. The van der Waals surface area contributed by atoms with Crippen molar-refractivity contribution in [2.24, 2.45) is 5.92 Å². The number of carbonyl (C=O) groups excluding carboxylic acids is 1. The maximum atomic E-state index is 12.5. The molecule has 2 aliphatic rings. The molecular formula is C21H21NO4. The SMILES string of the molecule is CC1CC(C(=O)O)N(C(=O)OCC2c3ccccc3-c3ccccc32)C1. The Morgan fingerprint density at radius 1 is 1.08 bits per heavy atom. The Morgan fingerprint density at radius 2 is 1.65 bits per heavy atom. The molecule has 0 spiro atoms. The van der Waals surface area contributed by atoms with E-state index in [-0.39, 0.29) is 18.4 Å². The van der Waals surface area contributed by atoms with Gasteiger partial charge in [0.2, 0.25) is 0 Å². The van der Waals surface area contributed by atoms with E-state index in [1.165, 1.54) is 16.0 Å². The molecule has 0 radical (unpaired) electrons. The Labute approximate surface area is 152 Å². The van der Waals surface area contributed by atoms with Crippen LogP contribution in [0.15, 0.2) is 48.5 Å². The number of nitrogens with zero attached hydrogens (tertiary/aromatic N) is 1. The van der Waals surface area contributed by atoms with Crippen LogP contribution in [0.4, 0.5) is 4.79 Å². The molecule has 2 aromatic carbocycles. The number of hydrogen-bond donors (Lipinski definition) is 1. The molecule has 5 heteroatoms. The van der Waals surface area contributed by atoms with Crippen LogP contribution in [0.3, 0.4) is 0 Å². The van der Waals surface area contributed by atoms with Crippen LogP contribution >= 0.6 is 0 Å². The lowest BCUT2D eigenvalue weighted by molar-refractivity contribution is -0.141. The molecule has 5 nitrogen and oxygen atoms in total. The summed E-state index contributed by atoms with van der Waals surface area (Å²) in [6.45, 7) is 2.59. The molecule has 1 fully saturated rings. The Hall–Kier alpha value is -2.82. The van der Waals surface area contributed by atoms with Gasteiger partial charge in [0.1, 0.15) is 12.6 Å². The van der Waals surface area contributed by atoms with Crippen molar-refractivity contribution in [1.29, 1.82) is 0 Å². The number of benzene rings is 2. The lowest BCUT2D eigenvalue weighted by Gasteiger charge is -2.22. The van der Waals surface area contributed by atoms with Crippen molar-refractivity contribution in [3.8, 4) is 11.1 Å². The summed E-state index contributed by atoms with van der Waals surface area (Å²) in [4.78, 5) is 25.3. The largest absolute Gasteiger partial charge is 0.480 e.